The highest BCUT2D eigenvalue weighted by Gasteiger charge is 2.27. The summed E-state index contributed by atoms with van der Waals surface area (Å²) in [6.07, 6.45) is -2.70. The molecule has 1 aromatic carbocycles. The SMILES string of the molecule is Cc1nn(CC(=O)N2CCN(C(=O)c3cccs3)CC2)c2nc(-c3ccccc3)cc(C(F)F)c12. The molecule has 0 radical (unpaired) electrons. The van der Waals surface area contributed by atoms with E-state index in [1.165, 1.54) is 22.1 Å². The van der Waals surface area contributed by atoms with Gasteiger partial charge in [0.05, 0.1) is 21.7 Å². The van der Waals surface area contributed by atoms with E-state index in [1.54, 1.807) is 34.9 Å². The molecular formula is C25H23F2N5O2S. The molecule has 1 fully saturated rings. The molecule has 5 rings (SSSR count). The molecule has 0 bridgehead atoms. The van der Waals surface area contributed by atoms with Crippen LogP contribution in [0, 0.1) is 6.92 Å². The first-order chi connectivity index (χ1) is 16.9. The lowest BCUT2D eigenvalue weighted by molar-refractivity contribution is -0.133. The Balaban J connectivity index is 1.38. The molecular weight excluding hydrogens is 472 g/mol. The predicted molar refractivity (Wildman–Crippen MR) is 129 cm³/mol. The second kappa shape index (κ2) is 9.53. The van der Waals surface area contributed by atoms with Crippen LogP contribution in [0.5, 0.6) is 0 Å². The highest BCUT2D eigenvalue weighted by molar-refractivity contribution is 7.12. The number of hydrogen-bond donors (Lipinski definition) is 0. The lowest BCUT2D eigenvalue weighted by Crippen LogP contribution is -2.51. The topological polar surface area (TPSA) is 71.3 Å². The van der Waals surface area contributed by atoms with Crippen molar-refractivity contribution < 1.29 is 18.4 Å². The number of thiophene rings is 1. The fraction of sp³-hybridized carbons (Fsp3) is 0.280. The maximum atomic E-state index is 14.0. The summed E-state index contributed by atoms with van der Waals surface area (Å²) in [6.45, 7) is 3.21. The molecule has 0 saturated carbocycles. The van der Waals surface area contributed by atoms with Gasteiger partial charge in [-0.2, -0.15) is 5.10 Å². The normalized spacial score (nSPS) is 14.2. The van der Waals surface area contributed by atoms with E-state index in [4.69, 9.17) is 0 Å². The summed E-state index contributed by atoms with van der Waals surface area (Å²) < 4.78 is 29.3. The summed E-state index contributed by atoms with van der Waals surface area (Å²) in [5, 5.41) is 6.53. The number of alkyl halides is 2. The lowest BCUT2D eigenvalue weighted by Gasteiger charge is -2.34. The van der Waals surface area contributed by atoms with Gasteiger partial charge in [0.2, 0.25) is 5.91 Å². The summed E-state index contributed by atoms with van der Waals surface area (Å²) in [6, 6.07) is 14.1. The summed E-state index contributed by atoms with van der Waals surface area (Å²) >= 11 is 1.40. The zero-order valence-electron chi connectivity index (χ0n) is 19.0. The van der Waals surface area contributed by atoms with Gasteiger partial charge in [-0.15, -0.1) is 11.3 Å². The van der Waals surface area contributed by atoms with Gasteiger partial charge in [0.15, 0.2) is 5.65 Å². The van der Waals surface area contributed by atoms with E-state index in [0.29, 0.717) is 48.0 Å². The van der Waals surface area contributed by atoms with Crippen molar-refractivity contribution in [2.24, 2.45) is 0 Å². The van der Waals surface area contributed by atoms with E-state index >= 15 is 0 Å². The molecule has 1 aliphatic heterocycles. The molecule has 0 unspecified atom stereocenters. The van der Waals surface area contributed by atoms with E-state index in [2.05, 4.69) is 10.1 Å². The molecule has 35 heavy (non-hydrogen) atoms. The van der Waals surface area contributed by atoms with Gasteiger partial charge < -0.3 is 9.80 Å². The highest BCUT2D eigenvalue weighted by atomic mass is 32.1. The van der Waals surface area contributed by atoms with Gasteiger partial charge in [-0.25, -0.2) is 18.4 Å². The number of aromatic nitrogens is 3. The van der Waals surface area contributed by atoms with Crippen LogP contribution >= 0.6 is 11.3 Å². The van der Waals surface area contributed by atoms with Gasteiger partial charge in [0.1, 0.15) is 6.54 Å². The van der Waals surface area contributed by atoms with Crippen LogP contribution < -0.4 is 0 Å². The quantitative estimate of drug-likeness (QED) is 0.412. The van der Waals surface area contributed by atoms with Gasteiger partial charge in [-0.3, -0.25) is 9.59 Å². The van der Waals surface area contributed by atoms with Crippen LogP contribution in [-0.2, 0) is 11.3 Å². The van der Waals surface area contributed by atoms with Gasteiger partial charge in [0.25, 0.3) is 12.3 Å². The van der Waals surface area contributed by atoms with Crippen LogP contribution in [0.4, 0.5) is 8.78 Å². The standard InChI is InChI=1S/C25H23F2N5O2S/c1-16-22-18(23(26)27)14-19(17-6-3-2-4-7-17)28-24(22)32(29-16)15-21(33)30-9-11-31(12-10-30)25(34)20-8-5-13-35-20/h2-8,13-14,23H,9-12,15H2,1H3. The first-order valence-corrected chi connectivity index (χ1v) is 12.1. The fourth-order valence-corrected chi connectivity index (χ4v) is 5.06. The molecule has 0 aliphatic carbocycles. The van der Waals surface area contributed by atoms with Crippen molar-refractivity contribution in [3.8, 4) is 11.3 Å². The Kier molecular flexibility index (Phi) is 6.29. The number of piperazine rings is 1. The van der Waals surface area contributed by atoms with Crippen molar-refractivity contribution in [3.63, 3.8) is 0 Å². The van der Waals surface area contributed by atoms with Crippen LogP contribution in [0.25, 0.3) is 22.3 Å². The lowest BCUT2D eigenvalue weighted by atomic mass is 10.1. The molecule has 1 saturated heterocycles. The molecule has 180 valence electrons. The number of carbonyl (C=O) groups is 2. The van der Waals surface area contributed by atoms with Crippen molar-refractivity contribution in [2.45, 2.75) is 19.9 Å². The zero-order valence-corrected chi connectivity index (χ0v) is 19.8. The Morgan fingerprint density at radius 2 is 1.74 bits per heavy atom. The number of nitrogens with zero attached hydrogens (tertiary/aromatic N) is 5. The van der Waals surface area contributed by atoms with Gasteiger partial charge in [0, 0.05) is 37.3 Å². The molecule has 1 aliphatic rings. The van der Waals surface area contributed by atoms with Gasteiger partial charge in [-0.1, -0.05) is 36.4 Å². The molecule has 3 aromatic heterocycles. The number of rotatable bonds is 5. The molecule has 4 aromatic rings. The number of carbonyl (C=O) groups excluding carboxylic acids is 2. The van der Waals surface area contributed by atoms with Crippen molar-refractivity contribution in [1.82, 2.24) is 24.6 Å². The minimum atomic E-state index is -2.70. The molecule has 2 amide bonds. The van der Waals surface area contributed by atoms with E-state index in [-0.39, 0.29) is 35.0 Å². The second-order valence-electron chi connectivity index (χ2n) is 8.36. The maximum absolute atomic E-state index is 14.0. The van der Waals surface area contributed by atoms with E-state index in [9.17, 15) is 18.4 Å². The van der Waals surface area contributed by atoms with Crippen LogP contribution in [-0.4, -0.2) is 62.6 Å². The Bertz CT molecular complexity index is 1360. The molecule has 0 spiro atoms. The third-order valence-corrected chi connectivity index (χ3v) is 7.01. The molecule has 0 atom stereocenters. The summed E-state index contributed by atoms with van der Waals surface area (Å²) in [4.78, 5) is 34.4. The Hall–Kier alpha value is -3.66. The number of pyridine rings is 1. The third-order valence-electron chi connectivity index (χ3n) is 6.15. The number of benzene rings is 1. The summed E-state index contributed by atoms with van der Waals surface area (Å²) in [7, 11) is 0. The van der Waals surface area contributed by atoms with E-state index < -0.39 is 6.43 Å². The monoisotopic (exact) mass is 495 g/mol. The number of amides is 2. The van der Waals surface area contributed by atoms with Crippen LogP contribution in [0.15, 0.2) is 53.9 Å². The first-order valence-electron chi connectivity index (χ1n) is 11.2. The smallest absolute Gasteiger partial charge is 0.264 e. The Morgan fingerprint density at radius 1 is 1.03 bits per heavy atom. The summed E-state index contributed by atoms with van der Waals surface area (Å²) in [5.74, 6) is -0.221. The van der Waals surface area contributed by atoms with Crippen molar-refractivity contribution in [1.29, 1.82) is 0 Å². The first kappa shape index (κ1) is 23.1. The fourth-order valence-electron chi connectivity index (χ4n) is 4.37. The van der Waals surface area contributed by atoms with Crippen LogP contribution in [0.2, 0.25) is 0 Å². The number of hydrogen-bond acceptors (Lipinski definition) is 5. The number of halogens is 2. The minimum Gasteiger partial charge on any atom is -0.338 e. The highest BCUT2D eigenvalue weighted by Crippen LogP contribution is 2.33. The average Bonchev–Trinajstić information content (AvgIpc) is 3.52. The van der Waals surface area contributed by atoms with Gasteiger partial charge >= 0.3 is 0 Å². The summed E-state index contributed by atoms with van der Waals surface area (Å²) in [5.41, 5.74) is 1.63. The molecule has 4 heterocycles. The van der Waals surface area contributed by atoms with Crippen molar-refractivity contribution in [2.75, 3.05) is 26.2 Å². The molecule has 7 nitrogen and oxygen atoms in total. The maximum Gasteiger partial charge on any atom is 0.264 e. The van der Waals surface area contributed by atoms with Crippen LogP contribution in [0.1, 0.15) is 27.4 Å². The third kappa shape index (κ3) is 4.53. The Morgan fingerprint density at radius 3 is 2.40 bits per heavy atom. The number of aryl methyl sites for hydroxylation is 1. The Labute approximate surface area is 204 Å². The van der Waals surface area contributed by atoms with E-state index in [1.807, 2.05) is 29.6 Å². The average molecular weight is 496 g/mol. The largest absolute Gasteiger partial charge is 0.338 e. The predicted octanol–water partition coefficient (Wildman–Crippen LogP) is 4.39. The van der Waals surface area contributed by atoms with Crippen molar-refractivity contribution in [3.05, 3.63) is 70.0 Å². The minimum absolute atomic E-state index is 0.0297. The second-order valence-corrected chi connectivity index (χ2v) is 9.30. The van der Waals surface area contributed by atoms with Crippen LogP contribution in [0.3, 0.4) is 0 Å². The van der Waals surface area contributed by atoms with Crippen molar-refractivity contribution >= 4 is 34.2 Å². The number of fused-ring (bicyclic) bond motifs is 1. The van der Waals surface area contributed by atoms with Gasteiger partial charge in [-0.05, 0) is 24.4 Å². The zero-order chi connectivity index (χ0) is 24.5. The molecule has 0 N–H and O–H groups in total. The van der Waals surface area contributed by atoms with E-state index in [0.717, 1.165) is 0 Å². The molecule has 10 heteroatoms.